The van der Waals surface area contributed by atoms with Crippen molar-refractivity contribution in [1.29, 1.82) is 0 Å². The molecular formula is C21H24N10O6S2. The van der Waals surface area contributed by atoms with E-state index in [2.05, 4.69) is 42.3 Å². The van der Waals surface area contributed by atoms with Crippen molar-refractivity contribution in [3.63, 3.8) is 0 Å². The quantitative estimate of drug-likeness (QED) is 0.314. The summed E-state index contributed by atoms with van der Waals surface area (Å²) in [6, 6.07) is 0. The first-order valence-electron chi connectivity index (χ1n) is 11.5. The van der Waals surface area contributed by atoms with E-state index in [1.807, 2.05) is 0 Å². The number of carbonyl (C=O) groups excluding carboxylic acids is 6. The molecule has 1 aliphatic rings. The zero-order valence-electron chi connectivity index (χ0n) is 20.8. The molecule has 4 N–H and O–H groups in total. The number of aromatic nitrogens is 6. The molecule has 206 valence electrons. The summed E-state index contributed by atoms with van der Waals surface area (Å²) >= 11 is 2.56. The summed E-state index contributed by atoms with van der Waals surface area (Å²) in [4.78, 5) is 74.5. The summed E-state index contributed by atoms with van der Waals surface area (Å²) in [5.41, 5.74) is 7.85. The molecule has 0 atom stereocenters. The van der Waals surface area contributed by atoms with Gasteiger partial charge in [-0.1, -0.05) is 24.3 Å². The second kappa shape index (κ2) is 14.0. The van der Waals surface area contributed by atoms with Crippen molar-refractivity contribution < 1.29 is 28.8 Å². The van der Waals surface area contributed by atoms with E-state index < -0.39 is 29.3 Å². The van der Waals surface area contributed by atoms with Crippen LogP contribution in [-0.2, 0) is 22.7 Å². The molecule has 3 rings (SSSR count). The van der Waals surface area contributed by atoms with Gasteiger partial charge >= 0.3 is 0 Å². The number of fused-ring (bicyclic) bond motifs is 1. The van der Waals surface area contributed by atoms with Crippen LogP contribution in [0.3, 0.4) is 0 Å². The van der Waals surface area contributed by atoms with Gasteiger partial charge in [-0.05, 0) is 10.8 Å². The molecule has 0 saturated carbocycles. The van der Waals surface area contributed by atoms with Crippen LogP contribution in [0.15, 0.2) is 23.0 Å². The minimum Gasteiger partial charge on any atom is -0.292 e. The number of nitrogens with zero attached hydrogens (tertiary/aromatic N) is 6. The Morgan fingerprint density at radius 3 is 1.97 bits per heavy atom. The van der Waals surface area contributed by atoms with Crippen LogP contribution in [0.25, 0.3) is 0 Å². The monoisotopic (exact) mass is 576 g/mol. The SMILES string of the molecule is CCC(=O)c1nnn(CCn2nnc3c2C(=O)NNC(=O)C=CSCSC=CC(=O)NNC3=O)c1C(=O)CC. The lowest BCUT2D eigenvalue weighted by atomic mass is 10.1. The highest BCUT2D eigenvalue weighted by Crippen LogP contribution is 2.14. The first kappa shape index (κ1) is 29.2. The van der Waals surface area contributed by atoms with Crippen molar-refractivity contribution >= 4 is 58.7 Å². The number of hydrogen-bond donors (Lipinski definition) is 4. The number of thioether (sulfide) groups is 2. The number of nitrogens with one attached hydrogen (secondary N) is 4. The van der Waals surface area contributed by atoms with E-state index in [-0.39, 0.29) is 54.6 Å². The van der Waals surface area contributed by atoms with Gasteiger partial charge < -0.3 is 0 Å². The van der Waals surface area contributed by atoms with Gasteiger partial charge in [-0.15, -0.1) is 33.7 Å². The third-order valence-corrected chi connectivity index (χ3v) is 6.71. The minimum atomic E-state index is -0.953. The standard InChI is InChI=1S/C21H24N10O6S2/c1-3-12(32)16-18(13(33)4-2)30(28-24-16)7-8-31-19-17(25-29-31)20(36)26-22-14(34)5-9-38-11-39-10-6-15(35)23-27-21(19)37/h5-6,9-10H,3-4,7-8,11H2,1-2H3,(H,22,34)(H,23,35)(H,26,36)(H,27,37). The predicted molar refractivity (Wildman–Crippen MR) is 139 cm³/mol. The van der Waals surface area contributed by atoms with Crippen LogP contribution in [-0.4, -0.2) is 70.3 Å². The average Bonchev–Trinajstić information content (AvgIpc) is 3.56. The van der Waals surface area contributed by atoms with Crippen molar-refractivity contribution in [1.82, 2.24) is 51.7 Å². The molecule has 2 aromatic heterocycles. The highest BCUT2D eigenvalue weighted by atomic mass is 32.2. The lowest BCUT2D eigenvalue weighted by molar-refractivity contribution is -0.118. The molecule has 18 heteroatoms. The molecule has 0 unspecified atom stereocenters. The molecule has 0 saturated heterocycles. The molecule has 0 aromatic carbocycles. The summed E-state index contributed by atoms with van der Waals surface area (Å²) < 4.78 is 2.27. The molecular weight excluding hydrogens is 552 g/mol. The van der Waals surface area contributed by atoms with Crippen molar-refractivity contribution in [2.75, 3.05) is 5.08 Å². The molecule has 0 radical (unpaired) electrons. The second-order valence-electron chi connectivity index (χ2n) is 7.52. The summed E-state index contributed by atoms with van der Waals surface area (Å²) in [6.45, 7) is 3.06. The number of hydrogen-bond acceptors (Lipinski definition) is 12. The minimum absolute atomic E-state index is 0.0247. The average molecular weight is 577 g/mol. The van der Waals surface area contributed by atoms with Crippen LogP contribution in [0.4, 0.5) is 0 Å². The molecule has 16 nitrogen and oxygen atoms in total. The molecule has 0 spiro atoms. The number of hydrazine groups is 2. The number of amides is 4. The smallest absolute Gasteiger partial charge is 0.292 e. The Hall–Kier alpha value is -4.32. The number of ketones is 2. The lowest BCUT2D eigenvalue weighted by Crippen LogP contribution is -2.44. The maximum atomic E-state index is 13.0. The van der Waals surface area contributed by atoms with E-state index >= 15 is 0 Å². The Balaban J connectivity index is 1.91. The van der Waals surface area contributed by atoms with Crippen LogP contribution in [0.2, 0.25) is 0 Å². The van der Waals surface area contributed by atoms with Crippen molar-refractivity contribution in [2.24, 2.45) is 0 Å². The molecule has 2 aromatic rings. The number of carbonyl (C=O) groups is 6. The summed E-state index contributed by atoms with van der Waals surface area (Å²) in [5, 5.41) is 18.9. The Kier molecular flexibility index (Phi) is 10.5. The fourth-order valence-corrected chi connectivity index (χ4v) is 4.46. The highest BCUT2D eigenvalue weighted by molar-refractivity contribution is 8.18. The van der Waals surface area contributed by atoms with Crippen molar-refractivity contribution in [3.05, 3.63) is 45.7 Å². The highest BCUT2D eigenvalue weighted by Gasteiger charge is 2.27. The first-order valence-corrected chi connectivity index (χ1v) is 13.6. The fraction of sp³-hybridized carbons (Fsp3) is 0.333. The van der Waals surface area contributed by atoms with Crippen LogP contribution >= 0.6 is 23.5 Å². The largest absolute Gasteiger partial charge is 0.292 e. The van der Waals surface area contributed by atoms with Gasteiger partial charge in [0.25, 0.3) is 23.6 Å². The zero-order chi connectivity index (χ0) is 28.4. The zero-order valence-corrected chi connectivity index (χ0v) is 22.4. The van der Waals surface area contributed by atoms with E-state index in [1.165, 1.54) is 51.2 Å². The van der Waals surface area contributed by atoms with Crippen LogP contribution in [0.5, 0.6) is 0 Å². The summed E-state index contributed by atoms with van der Waals surface area (Å²) in [6.07, 6.45) is 2.61. The fourth-order valence-electron chi connectivity index (χ4n) is 3.08. The molecule has 3 heterocycles. The summed E-state index contributed by atoms with van der Waals surface area (Å²) in [7, 11) is 0. The molecule has 1 aliphatic heterocycles. The van der Waals surface area contributed by atoms with Crippen LogP contribution < -0.4 is 21.7 Å². The first-order chi connectivity index (χ1) is 18.8. The Morgan fingerprint density at radius 2 is 1.36 bits per heavy atom. The van der Waals surface area contributed by atoms with Gasteiger partial charge in [0, 0.05) is 30.1 Å². The van der Waals surface area contributed by atoms with E-state index in [0.29, 0.717) is 5.08 Å². The molecule has 0 aliphatic carbocycles. The lowest BCUT2D eigenvalue weighted by Gasteiger charge is -2.10. The van der Waals surface area contributed by atoms with Gasteiger partial charge in [0.05, 0.1) is 13.1 Å². The van der Waals surface area contributed by atoms with Gasteiger partial charge in [-0.2, -0.15) is 0 Å². The van der Waals surface area contributed by atoms with E-state index in [1.54, 1.807) is 13.8 Å². The normalized spacial score (nSPS) is 15.0. The van der Waals surface area contributed by atoms with Crippen LogP contribution in [0.1, 0.15) is 68.6 Å². The van der Waals surface area contributed by atoms with E-state index in [4.69, 9.17) is 0 Å². The molecule has 0 bridgehead atoms. The van der Waals surface area contributed by atoms with E-state index in [9.17, 15) is 28.8 Å². The molecule has 0 fully saturated rings. The second-order valence-corrected chi connectivity index (χ2v) is 9.67. The van der Waals surface area contributed by atoms with Gasteiger partial charge in [-0.25, -0.2) is 9.36 Å². The maximum Gasteiger partial charge on any atom is 0.292 e. The van der Waals surface area contributed by atoms with E-state index in [0.717, 1.165) is 4.68 Å². The maximum absolute atomic E-state index is 13.0. The van der Waals surface area contributed by atoms with Crippen molar-refractivity contribution in [2.45, 2.75) is 39.8 Å². The predicted octanol–water partition coefficient (Wildman–Crippen LogP) is -0.258. The number of rotatable bonds is 7. The third-order valence-electron chi connectivity index (χ3n) is 4.96. The topological polar surface area (TPSA) is 212 Å². The Labute approximate surface area is 229 Å². The van der Waals surface area contributed by atoms with Crippen LogP contribution in [0, 0.1) is 0 Å². The number of Topliss-reactive ketones (excluding diaryl/α,β-unsaturated/α-hetero) is 2. The Morgan fingerprint density at radius 1 is 0.795 bits per heavy atom. The van der Waals surface area contributed by atoms with Gasteiger partial charge in [-0.3, -0.25) is 50.5 Å². The summed E-state index contributed by atoms with van der Waals surface area (Å²) in [5.74, 6) is -3.86. The Bertz CT molecular complexity index is 1350. The van der Waals surface area contributed by atoms with Gasteiger partial charge in [0.1, 0.15) is 5.69 Å². The van der Waals surface area contributed by atoms with Gasteiger partial charge in [0.15, 0.2) is 28.6 Å². The third kappa shape index (κ3) is 7.60. The molecule has 39 heavy (non-hydrogen) atoms. The van der Waals surface area contributed by atoms with Gasteiger partial charge in [0.2, 0.25) is 0 Å². The number of aryl methyl sites for hydroxylation is 2. The molecule has 4 amide bonds. The van der Waals surface area contributed by atoms with Crippen molar-refractivity contribution in [3.8, 4) is 0 Å².